The molecule has 1 rings (SSSR count). The average Bonchev–Trinajstić information content (AvgIpc) is 2.42. The lowest BCUT2D eigenvalue weighted by atomic mass is 10.1. The molecule has 0 spiro atoms. The van der Waals surface area contributed by atoms with Gasteiger partial charge in [-0.05, 0) is 57.5 Å². The van der Waals surface area contributed by atoms with Crippen LogP contribution in [0.25, 0.3) is 5.70 Å². The molecule has 5 N–H and O–H groups in total. The van der Waals surface area contributed by atoms with Crippen LogP contribution in [-0.2, 0) is 4.79 Å². The summed E-state index contributed by atoms with van der Waals surface area (Å²) in [4.78, 5) is 11.6. The summed E-state index contributed by atoms with van der Waals surface area (Å²) in [7, 11) is 0. The lowest BCUT2D eigenvalue weighted by Crippen LogP contribution is -2.52. The van der Waals surface area contributed by atoms with Gasteiger partial charge in [0, 0.05) is 11.7 Å². The van der Waals surface area contributed by atoms with E-state index in [1.54, 1.807) is 12.4 Å². The summed E-state index contributed by atoms with van der Waals surface area (Å²) < 4.78 is 5.74. The van der Waals surface area contributed by atoms with Crippen molar-refractivity contribution in [3.63, 3.8) is 0 Å². The first-order valence-corrected chi connectivity index (χ1v) is 7.08. The number of carbonyl (C=O) groups is 1. The number of hydrogen-bond acceptors (Lipinski definition) is 5. The van der Waals surface area contributed by atoms with Crippen LogP contribution in [0.4, 0.5) is 0 Å². The summed E-state index contributed by atoms with van der Waals surface area (Å²) in [6.07, 6.45) is 0. The van der Waals surface area contributed by atoms with Gasteiger partial charge in [0.05, 0.1) is 0 Å². The van der Waals surface area contributed by atoms with E-state index in [-0.39, 0.29) is 5.60 Å². The number of ether oxygens (including phenoxy) is 1. The van der Waals surface area contributed by atoms with Gasteiger partial charge in [-0.3, -0.25) is 10.0 Å². The van der Waals surface area contributed by atoms with Gasteiger partial charge in [0.25, 0.3) is 5.91 Å². The van der Waals surface area contributed by atoms with Gasteiger partial charge in [0.1, 0.15) is 17.4 Å². The fourth-order valence-electron chi connectivity index (χ4n) is 1.85. The van der Waals surface area contributed by atoms with Crippen LogP contribution in [0.3, 0.4) is 0 Å². The van der Waals surface area contributed by atoms with Gasteiger partial charge >= 0.3 is 0 Å². The number of hydroxylamine groups is 1. The highest BCUT2D eigenvalue weighted by atomic mass is 16.5. The Kier molecular flexibility index (Phi) is 5.96. The molecular weight excluding hydrogens is 282 g/mol. The first-order chi connectivity index (χ1) is 10.1. The highest BCUT2D eigenvalue weighted by Gasteiger charge is 2.22. The van der Waals surface area contributed by atoms with Crippen LogP contribution in [0.1, 0.15) is 33.3 Å². The van der Waals surface area contributed by atoms with Crippen LogP contribution in [0.15, 0.2) is 30.8 Å². The molecule has 0 heterocycles. The van der Waals surface area contributed by atoms with E-state index in [4.69, 9.17) is 15.7 Å². The van der Waals surface area contributed by atoms with Crippen molar-refractivity contribution in [2.75, 3.05) is 0 Å². The molecule has 0 bridgehead atoms. The van der Waals surface area contributed by atoms with Gasteiger partial charge in [-0.1, -0.05) is 6.58 Å². The van der Waals surface area contributed by atoms with Gasteiger partial charge in [-0.2, -0.15) is 0 Å². The van der Waals surface area contributed by atoms with Crippen molar-refractivity contribution in [3.8, 4) is 5.75 Å². The molecule has 0 unspecified atom stereocenters. The van der Waals surface area contributed by atoms with Crippen molar-refractivity contribution in [2.24, 2.45) is 5.73 Å². The largest absolute Gasteiger partial charge is 0.488 e. The zero-order valence-corrected chi connectivity index (χ0v) is 13.5. The van der Waals surface area contributed by atoms with Crippen LogP contribution in [0, 0.1) is 0 Å². The van der Waals surface area contributed by atoms with Crippen molar-refractivity contribution in [3.05, 3.63) is 36.4 Å². The van der Waals surface area contributed by atoms with E-state index in [0.29, 0.717) is 5.70 Å². The van der Waals surface area contributed by atoms with Gasteiger partial charge in [0.2, 0.25) is 0 Å². The second-order valence-corrected chi connectivity index (χ2v) is 6.17. The monoisotopic (exact) mass is 307 g/mol. The minimum absolute atomic E-state index is 0.268. The molecule has 1 aromatic carbocycles. The molecule has 1 aromatic rings. The molecule has 0 aromatic heterocycles. The van der Waals surface area contributed by atoms with Gasteiger partial charge < -0.3 is 15.8 Å². The quantitative estimate of drug-likeness (QED) is 0.473. The van der Waals surface area contributed by atoms with E-state index in [9.17, 15) is 4.79 Å². The van der Waals surface area contributed by atoms with E-state index in [1.165, 1.54) is 0 Å². The van der Waals surface area contributed by atoms with Crippen LogP contribution < -0.4 is 21.3 Å². The molecule has 122 valence electrons. The lowest BCUT2D eigenvalue weighted by molar-refractivity contribution is -0.131. The Bertz CT molecular complexity index is 518. The SMILES string of the molecule is C=C(N[C@H](C(=O)NO)[C@@H](C)N)c1ccc(OC(C)(C)C)cc1. The number of nitrogens with one attached hydrogen (secondary N) is 2. The summed E-state index contributed by atoms with van der Waals surface area (Å²) in [5.74, 6) is 0.143. The third kappa shape index (κ3) is 5.38. The fourth-order valence-corrected chi connectivity index (χ4v) is 1.85. The van der Waals surface area contributed by atoms with E-state index >= 15 is 0 Å². The Balaban J connectivity index is 2.79. The Morgan fingerprint density at radius 3 is 2.27 bits per heavy atom. The maximum absolute atomic E-state index is 11.6. The zero-order valence-electron chi connectivity index (χ0n) is 13.5. The van der Waals surface area contributed by atoms with E-state index < -0.39 is 18.0 Å². The fraction of sp³-hybridized carbons (Fsp3) is 0.438. The lowest BCUT2D eigenvalue weighted by Gasteiger charge is -2.23. The summed E-state index contributed by atoms with van der Waals surface area (Å²) in [6.45, 7) is 11.5. The van der Waals surface area contributed by atoms with Crippen LogP contribution in [0.2, 0.25) is 0 Å². The van der Waals surface area contributed by atoms with E-state index in [1.807, 2.05) is 45.0 Å². The zero-order chi connectivity index (χ0) is 16.9. The van der Waals surface area contributed by atoms with Crippen LogP contribution in [-0.4, -0.2) is 28.8 Å². The van der Waals surface area contributed by atoms with Gasteiger partial charge in [-0.25, -0.2) is 5.48 Å². The first-order valence-electron chi connectivity index (χ1n) is 7.08. The molecule has 0 radical (unpaired) electrons. The third-order valence-corrected chi connectivity index (χ3v) is 2.87. The predicted octanol–water partition coefficient (Wildman–Crippen LogP) is 1.65. The smallest absolute Gasteiger partial charge is 0.267 e. The molecule has 0 aliphatic rings. The summed E-state index contributed by atoms with van der Waals surface area (Å²) in [6, 6.07) is 6.08. The number of amides is 1. The highest BCUT2D eigenvalue weighted by Crippen LogP contribution is 2.20. The number of nitrogens with two attached hydrogens (primary N) is 1. The molecule has 0 aliphatic carbocycles. The summed E-state index contributed by atoms with van der Waals surface area (Å²) >= 11 is 0. The number of carbonyl (C=O) groups excluding carboxylic acids is 1. The topological polar surface area (TPSA) is 96.6 Å². The normalized spacial score (nSPS) is 13.9. The Hall–Kier alpha value is -2.05. The molecule has 1 amide bonds. The summed E-state index contributed by atoms with van der Waals surface area (Å²) in [5, 5.41) is 11.7. The minimum atomic E-state index is -0.775. The Labute approximate surface area is 131 Å². The van der Waals surface area contributed by atoms with Crippen molar-refractivity contribution < 1.29 is 14.7 Å². The maximum atomic E-state index is 11.6. The standard InChI is InChI=1S/C16H25N3O3/c1-10(17)14(15(20)19-21)18-11(2)12-6-8-13(9-7-12)22-16(3,4)5/h6-10,14,18,21H,2,17H2,1,3-5H3,(H,19,20)/t10-,14+/m1/s1. The van der Waals surface area contributed by atoms with Gasteiger partial charge in [0.15, 0.2) is 0 Å². The molecule has 0 saturated heterocycles. The highest BCUT2D eigenvalue weighted by molar-refractivity contribution is 5.83. The molecule has 6 heteroatoms. The molecule has 2 atom stereocenters. The molecular formula is C16H25N3O3. The Morgan fingerprint density at radius 1 is 1.32 bits per heavy atom. The Morgan fingerprint density at radius 2 is 1.86 bits per heavy atom. The molecule has 6 nitrogen and oxygen atoms in total. The van der Waals surface area contributed by atoms with Gasteiger partial charge in [-0.15, -0.1) is 0 Å². The van der Waals surface area contributed by atoms with Crippen molar-refractivity contribution in [1.82, 2.24) is 10.8 Å². The van der Waals surface area contributed by atoms with Crippen LogP contribution >= 0.6 is 0 Å². The average molecular weight is 307 g/mol. The predicted molar refractivity (Wildman–Crippen MR) is 86.4 cm³/mol. The van der Waals surface area contributed by atoms with E-state index in [0.717, 1.165) is 11.3 Å². The first kappa shape index (κ1) is 18.0. The number of rotatable bonds is 6. The third-order valence-electron chi connectivity index (χ3n) is 2.87. The summed E-state index contributed by atoms with van der Waals surface area (Å²) in [5.41, 5.74) is 8.40. The van der Waals surface area contributed by atoms with Crippen molar-refractivity contribution in [2.45, 2.75) is 45.4 Å². The molecule has 0 fully saturated rings. The van der Waals surface area contributed by atoms with Crippen molar-refractivity contribution >= 4 is 11.6 Å². The van der Waals surface area contributed by atoms with Crippen molar-refractivity contribution in [1.29, 1.82) is 0 Å². The number of benzene rings is 1. The molecule has 22 heavy (non-hydrogen) atoms. The number of hydrogen-bond donors (Lipinski definition) is 4. The second kappa shape index (κ2) is 7.29. The van der Waals surface area contributed by atoms with E-state index in [2.05, 4.69) is 11.9 Å². The second-order valence-electron chi connectivity index (χ2n) is 6.17. The minimum Gasteiger partial charge on any atom is -0.488 e. The maximum Gasteiger partial charge on any atom is 0.267 e. The molecule has 0 saturated carbocycles. The molecule has 0 aliphatic heterocycles. The van der Waals surface area contributed by atoms with Crippen LogP contribution in [0.5, 0.6) is 5.75 Å².